The average molecular weight is 293 g/mol. The molecule has 102 valence electrons. The fourth-order valence-electron chi connectivity index (χ4n) is 1.23. The molecule has 1 heterocycles. The van der Waals surface area contributed by atoms with Crippen molar-refractivity contribution in [1.29, 1.82) is 0 Å². The Morgan fingerprint density at radius 2 is 1.94 bits per heavy atom. The van der Waals surface area contributed by atoms with Gasteiger partial charge >= 0.3 is 0 Å². The van der Waals surface area contributed by atoms with Gasteiger partial charge in [-0.2, -0.15) is 0 Å². The minimum Gasteiger partial charge on any atom is -0.368 e. The second-order valence-electron chi connectivity index (χ2n) is 3.57. The Morgan fingerprint density at radius 3 is 2.50 bits per heavy atom. The third-order valence-corrected chi connectivity index (χ3v) is 4.64. The van der Waals surface area contributed by atoms with Crippen LogP contribution in [-0.4, -0.2) is 47.4 Å². The topological polar surface area (TPSA) is 105 Å². The van der Waals surface area contributed by atoms with E-state index in [-0.39, 0.29) is 23.0 Å². The maximum atomic E-state index is 11.5. The molecule has 2 N–H and O–H groups in total. The van der Waals surface area contributed by atoms with Gasteiger partial charge in [-0.3, -0.25) is 0 Å². The van der Waals surface area contributed by atoms with Crippen molar-refractivity contribution in [2.45, 2.75) is 4.90 Å². The maximum absolute atomic E-state index is 11.5. The number of nitrogens with one attached hydrogen (secondary N) is 2. The summed E-state index contributed by atoms with van der Waals surface area (Å²) in [6.45, 7) is 0.0721. The Labute approximate surface area is 107 Å². The predicted octanol–water partition coefficient (Wildman–Crippen LogP) is -0.554. The van der Waals surface area contributed by atoms with E-state index in [0.29, 0.717) is 0 Å². The predicted molar refractivity (Wildman–Crippen MR) is 68.7 cm³/mol. The zero-order valence-corrected chi connectivity index (χ0v) is 11.7. The smallest absolute Gasteiger partial charge is 0.213 e. The quantitative estimate of drug-likeness (QED) is 0.729. The Balaban J connectivity index is 2.81. The molecule has 0 amide bonds. The van der Waals surface area contributed by atoms with E-state index in [1.54, 1.807) is 0 Å². The number of aromatic nitrogens is 1. The lowest BCUT2D eigenvalue weighted by Crippen LogP contribution is -2.26. The van der Waals surface area contributed by atoms with Crippen molar-refractivity contribution in [2.75, 3.05) is 30.9 Å². The number of sulfonamides is 1. The highest BCUT2D eigenvalue weighted by Crippen LogP contribution is 2.17. The summed E-state index contributed by atoms with van der Waals surface area (Å²) in [6.07, 6.45) is 2.50. The molecule has 7 nitrogen and oxygen atoms in total. The van der Waals surface area contributed by atoms with Gasteiger partial charge in [-0.1, -0.05) is 0 Å². The number of sulfone groups is 1. The molecule has 1 aromatic heterocycles. The number of pyridine rings is 1. The van der Waals surface area contributed by atoms with E-state index >= 15 is 0 Å². The molecule has 1 aromatic rings. The third kappa shape index (κ3) is 4.24. The summed E-state index contributed by atoms with van der Waals surface area (Å²) >= 11 is 0. The van der Waals surface area contributed by atoms with Gasteiger partial charge in [-0.25, -0.2) is 26.5 Å². The molecule has 1 rings (SSSR count). The van der Waals surface area contributed by atoms with E-state index in [4.69, 9.17) is 0 Å². The summed E-state index contributed by atoms with van der Waals surface area (Å²) in [6, 6.07) is 2.92. The van der Waals surface area contributed by atoms with Gasteiger partial charge < -0.3 is 5.32 Å². The van der Waals surface area contributed by atoms with Crippen molar-refractivity contribution in [3.63, 3.8) is 0 Å². The molecule has 0 unspecified atom stereocenters. The number of hydrogen-bond acceptors (Lipinski definition) is 6. The van der Waals surface area contributed by atoms with E-state index in [1.165, 1.54) is 25.4 Å². The second kappa shape index (κ2) is 5.63. The molecule has 0 saturated heterocycles. The van der Waals surface area contributed by atoms with Crippen LogP contribution in [0.25, 0.3) is 0 Å². The lowest BCUT2D eigenvalue weighted by molar-refractivity contribution is 0.588. The monoisotopic (exact) mass is 293 g/mol. The van der Waals surface area contributed by atoms with Gasteiger partial charge in [-0.15, -0.1) is 0 Å². The fraction of sp³-hybridized carbons (Fsp3) is 0.444. The molecule has 9 heteroatoms. The van der Waals surface area contributed by atoms with Gasteiger partial charge in [0.15, 0.2) is 9.84 Å². The van der Waals surface area contributed by atoms with E-state index in [1.807, 2.05) is 0 Å². The standard InChI is InChI=1S/C9H15N3O4S2/c1-10-18(15,16)7-6-12-9-8(17(2,13)14)4-3-5-11-9/h3-5,10H,6-7H2,1-2H3,(H,11,12). The van der Waals surface area contributed by atoms with Gasteiger partial charge in [0, 0.05) is 19.0 Å². The summed E-state index contributed by atoms with van der Waals surface area (Å²) in [7, 11) is -5.41. The fourth-order valence-corrected chi connectivity index (χ4v) is 2.61. The summed E-state index contributed by atoms with van der Waals surface area (Å²) in [5.74, 6) is -0.00480. The third-order valence-electron chi connectivity index (χ3n) is 2.14. The first kappa shape index (κ1) is 14.9. The SMILES string of the molecule is CNS(=O)(=O)CCNc1ncccc1S(C)(=O)=O. The molecule has 0 bridgehead atoms. The molecule has 0 aliphatic carbocycles. The highest BCUT2D eigenvalue weighted by atomic mass is 32.2. The van der Waals surface area contributed by atoms with Gasteiger partial charge in [0.1, 0.15) is 10.7 Å². The number of hydrogen-bond donors (Lipinski definition) is 2. The molecule has 0 radical (unpaired) electrons. The van der Waals surface area contributed by atoms with Crippen molar-refractivity contribution in [3.05, 3.63) is 18.3 Å². The molecule has 0 atom stereocenters. The molecule has 0 aliphatic heterocycles. The van der Waals surface area contributed by atoms with Crippen LogP contribution in [0.3, 0.4) is 0 Å². The number of rotatable bonds is 6. The van der Waals surface area contributed by atoms with Gasteiger partial charge in [-0.05, 0) is 19.2 Å². The summed E-state index contributed by atoms with van der Waals surface area (Å²) in [5.41, 5.74) is 0. The summed E-state index contributed by atoms with van der Waals surface area (Å²) in [5, 5.41) is 2.70. The van der Waals surface area contributed by atoms with Crippen molar-refractivity contribution in [1.82, 2.24) is 9.71 Å². The zero-order valence-electron chi connectivity index (χ0n) is 10.0. The van der Waals surface area contributed by atoms with Crippen LogP contribution in [0.2, 0.25) is 0 Å². The van der Waals surface area contributed by atoms with Crippen LogP contribution < -0.4 is 10.0 Å². The molecule has 0 aliphatic rings. The van der Waals surface area contributed by atoms with Gasteiger partial charge in [0.05, 0.1) is 5.75 Å². The highest BCUT2D eigenvalue weighted by Gasteiger charge is 2.14. The Hall–Kier alpha value is -1.19. The largest absolute Gasteiger partial charge is 0.368 e. The van der Waals surface area contributed by atoms with E-state index in [0.717, 1.165) is 6.26 Å². The van der Waals surface area contributed by atoms with Gasteiger partial charge in [0.2, 0.25) is 10.0 Å². The van der Waals surface area contributed by atoms with Crippen molar-refractivity contribution >= 4 is 25.7 Å². The van der Waals surface area contributed by atoms with Crippen molar-refractivity contribution in [3.8, 4) is 0 Å². The molecular weight excluding hydrogens is 278 g/mol. The van der Waals surface area contributed by atoms with Crippen LogP contribution >= 0.6 is 0 Å². The van der Waals surface area contributed by atoms with Crippen LogP contribution in [0, 0.1) is 0 Å². The van der Waals surface area contributed by atoms with E-state index in [9.17, 15) is 16.8 Å². The minimum absolute atomic E-state index is 0.0480. The molecule has 18 heavy (non-hydrogen) atoms. The maximum Gasteiger partial charge on any atom is 0.213 e. The highest BCUT2D eigenvalue weighted by molar-refractivity contribution is 7.91. The Morgan fingerprint density at radius 1 is 1.28 bits per heavy atom. The van der Waals surface area contributed by atoms with Crippen LogP contribution in [-0.2, 0) is 19.9 Å². The van der Waals surface area contributed by atoms with Gasteiger partial charge in [0.25, 0.3) is 0 Å². The zero-order chi connectivity index (χ0) is 13.8. The molecular formula is C9H15N3O4S2. The first-order chi connectivity index (χ1) is 8.26. The van der Waals surface area contributed by atoms with Crippen LogP contribution in [0.4, 0.5) is 5.82 Å². The van der Waals surface area contributed by atoms with Crippen LogP contribution in [0.5, 0.6) is 0 Å². The van der Waals surface area contributed by atoms with Crippen LogP contribution in [0.1, 0.15) is 0 Å². The van der Waals surface area contributed by atoms with E-state index < -0.39 is 19.9 Å². The van der Waals surface area contributed by atoms with E-state index in [2.05, 4.69) is 15.0 Å². The summed E-state index contributed by atoms with van der Waals surface area (Å²) < 4.78 is 47.4. The van der Waals surface area contributed by atoms with Crippen molar-refractivity contribution in [2.24, 2.45) is 0 Å². The molecule has 0 spiro atoms. The number of anilines is 1. The molecule has 0 fully saturated rings. The van der Waals surface area contributed by atoms with Crippen molar-refractivity contribution < 1.29 is 16.8 Å². The molecule has 0 aromatic carbocycles. The normalized spacial score (nSPS) is 12.3. The first-order valence-electron chi connectivity index (χ1n) is 5.06. The first-order valence-corrected chi connectivity index (χ1v) is 8.61. The lowest BCUT2D eigenvalue weighted by Gasteiger charge is -2.09. The Kier molecular flexibility index (Phi) is 4.65. The minimum atomic E-state index is -3.40. The second-order valence-corrected chi connectivity index (χ2v) is 7.60. The molecule has 0 saturated carbocycles. The average Bonchev–Trinajstić information content (AvgIpc) is 2.28. The van der Waals surface area contributed by atoms with Crippen LogP contribution in [0.15, 0.2) is 23.2 Å². The summed E-state index contributed by atoms with van der Waals surface area (Å²) in [4.78, 5) is 3.93. The Bertz CT molecular complexity index is 610. The lowest BCUT2D eigenvalue weighted by atomic mass is 10.4. The number of nitrogens with zero attached hydrogens (tertiary/aromatic N) is 1.